The van der Waals surface area contributed by atoms with E-state index < -0.39 is 0 Å². The fraction of sp³-hybridized carbons (Fsp3) is 0.579. The molecule has 2 fully saturated rings. The van der Waals surface area contributed by atoms with Crippen LogP contribution < -0.4 is 0 Å². The molecule has 1 nitrogen and oxygen atoms in total. The number of benzene rings is 1. The zero-order valence-electron chi connectivity index (χ0n) is 12.1. The first-order chi connectivity index (χ1) is 9.93. The molecule has 1 aliphatic heterocycles. The molecule has 0 radical (unpaired) electrons. The molecule has 2 aliphatic carbocycles. The molecule has 0 amide bonds. The lowest BCUT2D eigenvalue weighted by atomic mass is 9.68. The van der Waals surface area contributed by atoms with Crippen molar-refractivity contribution >= 4 is 0 Å². The van der Waals surface area contributed by atoms with Gasteiger partial charge in [-0.25, -0.2) is 0 Å². The normalized spacial score (nSPS) is 36.7. The average molecular weight is 268 g/mol. The second-order valence-electron chi connectivity index (χ2n) is 6.64. The molecule has 106 valence electrons. The highest BCUT2D eigenvalue weighted by atomic mass is 16.5. The summed E-state index contributed by atoms with van der Waals surface area (Å²) in [5, 5.41) is 0. The molecular formula is C19H24O. The topological polar surface area (TPSA) is 9.23 Å². The van der Waals surface area contributed by atoms with Crippen LogP contribution in [0.3, 0.4) is 0 Å². The Balaban J connectivity index is 1.70. The lowest BCUT2D eigenvalue weighted by Gasteiger charge is -2.47. The lowest BCUT2D eigenvalue weighted by molar-refractivity contribution is -0.106. The van der Waals surface area contributed by atoms with Crippen molar-refractivity contribution < 1.29 is 4.74 Å². The Morgan fingerprint density at radius 1 is 0.850 bits per heavy atom. The van der Waals surface area contributed by atoms with Gasteiger partial charge in [-0.05, 0) is 37.7 Å². The van der Waals surface area contributed by atoms with Crippen LogP contribution in [0.4, 0.5) is 0 Å². The van der Waals surface area contributed by atoms with Gasteiger partial charge in [-0.3, -0.25) is 0 Å². The third-order valence-corrected chi connectivity index (χ3v) is 5.47. The molecule has 4 atom stereocenters. The average Bonchev–Trinajstić information content (AvgIpc) is 2.55. The van der Waals surface area contributed by atoms with E-state index in [-0.39, 0.29) is 0 Å². The number of ether oxygens (including phenoxy) is 1. The summed E-state index contributed by atoms with van der Waals surface area (Å²) in [6, 6.07) is 10.9. The van der Waals surface area contributed by atoms with Gasteiger partial charge in [0.25, 0.3) is 0 Å². The zero-order chi connectivity index (χ0) is 13.4. The molecular weight excluding hydrogens is 244 g/mol. The summed E-state index contributed by atoms with van der Waals surface area (Å²) in [7, 11) is 0. The number of hydrogen-bond acceptors (Lipinski definition) is 1. The molecule has 0 N–H and O–H groups in total. The summed E-state index contributed by atoms with van der Waals surface area (Å²) >= 11 is 0. The van der Waals surface area contributed by atoms with Gasteiger partial charge >= 0.3 is 0 Å². The standard InChI is InChI=1S/C19H24O/c1-2-8-14(9-3-1)19-17-12-5-4-10-15(17)16-11-6-7-13-18(16)20-19/h1-3,8-10,16-19H,4-7,11-13H2/t16-,17-,18-,19+/m0/s1. The minimum Gasteiger partial charge on any atom is -0.369 e. The summed E-state index contributed by atoms with van der Waals surface area (Å²) in [5.41, 5.74) is 3.13. The maximum absolute atomic E-state index is 6.61. The maximum Gasteiger partial charge on any atom is 0.0894 e. The van der Waals surface area contributed by atoms with E-state index in [2.05, 4.69) is 36.4 Å². The van der Waals surface area contributed by atoms with E-state index >= 15 is 0 Å². The van der Waals surface area contributed by atoms with Crippen LogP contribution in [0.15, 0.2) is 42.0 Å². The van der Waals surface area contributed by atoms with Crippen molar-refractivity contribution in [2.24, 2.45) is 11.8 Å². The van der Waals surface area contributed by atoms with Crippen LogP contribution in [0.2, 0.25) is 0 Å². The predicted molar refractivity (Wildman–Crippen MR) is 81.4 cm³/mol. The molecule has 0 aromatic heterocycles. The van der Waals surface area contributed by atoms with E-state index in [1.807, 2.05) is 0 Å². The van der Waals surface area contributed by atoms with Crippen LogP contribution in [0.25, 0.3) is 0 Å². The molecule has 1 aromatic rings. The highest BCUT2D eigenvalue weighted by Gasteiger charge is 2.43. The van der Waals surface area contributed by atoms with Crippen molar-refractivity contribution in [2.45, 2.75) is 57.2 Å². The second kappa shape index (κ2) is 5.37. The highest BCUT2D eigenvalue weighted by molar-refractivity contribution is 5.27. The van der Waals surface area contributed by atoms with Gasteiger partial charge < -0.3 is 4.74 Å². The Bertz CT molecular complexity index is 490. The molecule has 3 aliphatic rings. The molecule has 1 heterocycles. The maximum atomic E-state index is 6.61. The van der Waals surface area contributed by atoms with Crippen LogP contribution in [-0.4, -0.2) is 6.10 Å². The molecule has 1 saturated carbocycles. The minimum absolute atomic E-state index is 0.307. The zero-order valence-corrected chi connectivity index (χ0v) is 12.1. The Morgan fingerprint density at radius 2 is 1.65 bits per heavy atom. The summed E-state index contributed by atoms with van der Waals surface area (Å²) in [5.74, 6) is 1.37. The Hall–Kier alpha value is -1.08. The van der Waals surface area contributed by atoms with Crippen molar-refractivity contribution in [3.8, 4) is 0 Å². The van der Waals surface area contributed by atoms with Crippen molar-refractivity contribution in [3.63, 3.8) is 0 Å². The number of hydrogen-bond donors (Lipinski definition) is 0. The molecule has 0 unspecified atom stereocenters. The molecule has 1 saturated heterocycles. The molecule has 0 spiro atoms. The molecule has 4 rings (SSSR count). The van der Waals surface area contributed by atoms with Gasteiger partial charge in [-0.1, -0.05) is 54.8 Å². The van der Waals surface area contributed by atoms with Crippen molar-refractivity contribution in [2.75, 3.05) is 0 Å². The lowest BCUT2D eigenvalue weighted by Crippen LogP contribution is -2.41. The summed E-state index contributed by atoms with van der Waals surface area (Å²) < 4.78 is 6.61. The molecule has 20 heavy (non-hydrogen) atoms. The molecule has 1 heteroatoms. The van der Waals surface area contributed by atoms with E-state index in [0.717, 1.165) is 5.92 Å². The SMILES string of the molecule is C1=C2[C@@H]3CCCC[C@@H]3O[C@H](c3ccccc3)[C@H]2CCC1. The fourth-order valence-electron chi connectivity index (χ4n) is 4.55. The number of allylic oxidation sites excluding steroid dienone is 1. The summed E-state index contributed by atoms with van der Waals surface area (Å²) in [6.45, 7) is 0. The first-order valence-electron chi connectivity index (χ1n) is 8.34. The highest BCUT2D eigenvalue weighted by Crippen LogP contribution is 2.50. The van der Waals surface area contributed by atoms with E-state index in [0.29, 0.717) is 18.1 Å². The first-order valence-corrected chi connectivity index (χ1v) is 8.34. The Morgan fingerprint density at radius 3 is 2.55 bits per heavy atom. The second-order valence-corrected chi connectivity index (χ2v) is 6.64. The van der Waals surface area contributed by atoms with Gasteiger partial charge in [0.05, 0.1) is 12.2 Å². The van der Waals surface area contributed by atoms with Gasteiger partial charge in [0, 0.05) is 11.8 Å². The van der Waals surface area contributed by atoms with E-state index in [4.69, 9.17) is 4.74 Å². The van der Waals surface area contributed by atoms with Crippen molar-refractivity contribution in [1.82, 2.24) is 0 Å². The Labute approximate surface area is 122 Å². The Kier molecular flexibility index (Phi) is 3.39. The van der Waals surface area contributed by atoms with Gasteiger partial charge in [-0.15, -0.1) is 0 Å². The predicted octanol–water partition coefficient (Wildman–Crippen LogP) is 5.04. The van der Waals surface area contributed by atoms with Gasteiger partial charge in [0.1, 0.15) is 0 Å². The van der Waals surface area contributed by atoms with E-state index in [9.17, 15) is 0 Å². The molecule has 1 aromatic carbocycles. The first kappa shape index (κ1) is 12.6. The number of fused-ring (bicyclic) bond motifs is 3. The van der Waals surface area contributed by atoms with Crippen LogP contribution in [0.1, 0.15) is 56.6 Å². The van der Waals surface area contributed by atoms with E-state index in [1.165, 1.54) is 50.5 Å². The van der Waals surface area contributed by atoms with Crippen molar-refractivity contribution in [1.29, 1.82) is 0 Å². The third kappa shape index (κ3) is 2.13. The quantitative estimate of drug-likeness (QED) is 0.648. The van der Waals surface area contributed by atoms with Crippen LogP contribution in [0, 0.1) is 11.8 Å². The third-order valence-electron chi connectivity index (χ3n) is 5.47. The largest absolute Gasteiger partial charge is 0.369 e. The van der Waals surface area contributed by atoms with Crippen molar-refractivity contribution in [3.05, 3.63) is 47.5 Å². The number of rotatable bonds is 1. The smallest absolute Gasteiger partial charge is 0.0894 e. The monoisotopic (exact) mass is 268 g/mol. The van der Waals surface area contributed by atoms with E-state index in [1.54, 1.807) is 5.57 Å². The molecule has 0 bridgehead atoms. The van der Waals surface area contributed by atoms with Gasteiger partial charge in [-0.2, -0.15) is 0 Å². The van der Waals surface area contributed by atoms with Crippen LogP contribution >= 0.6 is 0 Å². The van der Waals surface area contributed by atoms with Crippen LogP contribution in [-0.2, 0) is 4.74 Å². The van der Waals surface area contributed by atoms with Crippen LogP contribution in [0.5, 0.6) is 0 Å². The summed E-state index contributed by atoms with van der Waals surface area (Å²) in [6.07, 6.45) is 12.6. The van der Waals surface area contributed by atoms with Gasteiger partial charge in [0.15, 0.2) is 0 Å². The minimum atomic E-state index is 0.307. The summed E-state index contributed by atoms with van der Waals surface area (Å²) in [4.78, 5) is 0. The van der Waals surface area contributed by atoms with Gasteiger partial charge in [0.2, 0.25) is 0 Å². The fourth-order valence-corrected chi connectivity index (χ4v) is 4.55.